The second kappa shape index (κ2) is 6.57. The van der Waals surface area contributed by atoms with Gasteiger partial charge in [-0.1, -0.05) is 49.2 Å². The third-order valence-corrected chi connectivity index (χ3v) is 3.78. The van der Waals surface area contributed by atoms with Crippen LogP contribution in [-0.2, 0) is 13.0 Å². The molecule has 0 bridgehead atoms. The van der Waals surface area contributed by atoms with E-state index in [2.05, 4.69) is 23.9 Å². The second-order valence-corrected chi connectivity index (χ2v) is 5.90. The van der Waals surface area contributed by atoms with E-state index in [0.29, 0.717) is 27.9 Å². The van der Waals surface area contributed by atoms with Crippen LogP contribution in [0.3, 0.4) is 0 Å². The van der Waals surface area contributed by atoms with Gasteiger partial charge in [0.15, 0.2) is 0 Å². The molecule has 6 heteroatoms. The van der Waals surface area contributed by atoms with Crippen molar-refractivity contribution in [2.75, 3.05) is 0 Å². The van der Waals surface area contributed by atoms with Crippen molar-refractivity contribution in [3.05, 3.63) is 46.0 Å². The van der Waals surface area contributed by atoms with E-state index in [9.17, 15) is 5.11 Å². The highest BCUT2D eigenvalue weighted by Crippen LogP contribution is 2.31. The van der Waals surface area contributed by atoms with Gasteiger partial charge in [-0.05, 0) is 12.0 Å². The molecular formula is C14H17Cl2N3O. The molecule has 1 heterocycles. The van der Waals surface area contributed by atoms with Gasteiger partial charge in [-0.25, -0.2) is 9.67 Å². The molecule has 0 aliphatic carbocycles. The summed E-state index contributed by atoms with van der Waals surface area (Å²) >= 11 is 12.1. The first kappa shape index (κ1) is 15.3. The van der Waals surface area contributed by atoms with E-state index >= 15 is 0 Å². The molecule has 0 saturated heterocycles. The Labute approximate surface area is 128 Å². The lowest BCUT2D eigenvalue weighted by atomic mass is 10.1. The fourth-order valence-electron chi connectivity index (χ4n) is 2.01. The number of hydrogen-bond donors (Lipinski definition) is 1. The maximum atomic E-state index is 10.3. The molecule has 1 N–H and O–H groups in total. The third-order valence-electron chi connectivity index (χ3n) is 2.95. The minimum atomic E-state index is -0.753. The normalized spacial score (nSPS) is 12.9. The molecular weight excluding hydrogens is 297 g/mol. The Morgan fingerprint density at radius 2 is 2.05 bits per heavy atom. The predicted octanol–water partition coefficient (Wildman–Crippen LogP) is 3.52. The van der Waals surface area contributed by atoms with E-state index in [1.807, 2.05) is 4.68 Å². The Balaban J connectivity index is 2.17. The molecule has 0 radical (unpaired) electrons. The van der Waals surface area contributed by atoms with Crippen molar-refractivity contribution in [1.82, 2.24) is 14.8 Å². The van der Waals surface area contributed by atoms with Crippen LogP contribution < -0.4 is 0 Å². The van der Waals surface area contributed by atoms with Crippen molar-refractivity contribution in [3.63, 3.8) is 0 Å². The summed E-state index contributed by atoms with van der Waals surface area (Å²) in [7, 11) is 0. The van der Waals surface area contributed by atoms with Crippen LogP contribution in [0.2, 0.25) is 10.0 Å². The van der Waals surface area contributed by atoms with E-state index in [-0.39, 0.29) is 0 Å². The highest BCUT2D eigenvalue weighted by molar-refractivity contribution is 6.42. The van der Waals surface area contributed by atoms with Gasteiger partial charge in [-0.2, -0.15) is 5.10 Å². The van der Waals surface area contributed by atoms with Gasteiger partial charge < -0.3 is 5.11 Å². The van der Waals surface area contributed by atoms with Crippen molar-refractivity contribution in [2.24, 2.45) is 5.92 Å². The summed E-state index contributed by atoms with van der Waals surface area (Å²) in [6.07, 6.45) is 1.10. The molecule has 4 nitrogen and oxygen atoms in total. The fraction of sp³-hybridized carbons (Fsp3) is 0.429. The minimum absolute atomic E-state index is 0.354. The zero-order chi connectivity index (χ0) is 14.7. The Kier molecular flexibility index (Phi) is 5.02. The molecule has 0 spiro atoms. The number of aromatic nitrogens is 3. The van der Waals surface area contributed by atoms with Crippen molar-refractivity contribution < 1.29 is 5.11 Å². The maximum absolute atomic E-state index is 10.3. The molecule has 0 aliphatic rings. The summed E-state index contributed by atoms with van der Waals surface area (Å²) < 4.78 is 1.81. The summed E-state index contributed by atoms with van der Waals surface area (Å²) in [4.78, 5) is 4.20. The molecule has 1 atom stereocenters. The lowest BCUT2D eigenvalue weighted by Crippen LogP contribution is -2.13. The Morgan fingerprint density at radius 3 is 2.75 bits per heavy atom. The summed E-state index contributed by atoms with van der Waals surface area (Å²) in [5.74, 6) is 1.20. The van der Waals surface area contributed by atoms with E-state index in [1.54, 1.807) is 18.2 Å². The van der Waals surface area contributed by atoms with Gasteiger partial charge in [0, 0.05) is 18.5 Å². The van der Waals surface area contributed by atoms with Gasteiger partial charge in [-0.3, -0.25) is 0 Å². The van der Waals surface area contributed by atoms with Crippen LogP contribution in [0.1, 0.15) is 31.3 Å². The van der Waals surface area contributed by atoms with Gasteiger partial charge in [0.2, 0.25) is 0 Å². The summed E-state index contributed by atoms with van der Waals surface area (Å²) in [6.45, 7) is 4.98. The van der Waals surface area contributed by atoms with Crippen LogP contribution >= 0.6 is 23.2 Å². The lowest BCUT2D eigenvalue weighted by molar-refractivity contribution is 0.173. The lowest BCUT2D eigenvalue weighted by Gasteiger charge is -2.14. The van der Waals surface area contributed by atoms with Crippen molar-refractivity contribution in [1.29, 1.82) is 0 Å². The molecule has 20 heavy (non-hydrogen) atoms. The summed E-state index contributed by atoms with van der Waals surface area (Å²) in [6, 6.07) is 5.23. The number of rotatable bonds is 5. The quantitative estimate of drug-likeness (QED) is 0.919. The van der Waals surface area contributed by atoms with Crippen LogP contribution in [0.15, 0.2) is 24.5 Å². The first-order chi connectivity index (χ1) is 9.49. The largest absolute Gasteiger partial charge is 0.388 e. The van der Waals surface area contributed by atoms with E-state index in [0.717, 1.165) is 12.4 Å². The van der Waals surface area contributed by atoms with Crippen molar-refractivity contribution >= 4 is 23.2 Å². The zero-order valence-electron chi connectivity index (χ0n) is 11.4. The van der Waals surface area contributed by atoms with Crippen molar-refractivity contribution in [3.8, 4) is 0 Å². The van der Waals surface area contributed by atoms with E-state index in [4.69, 9.17) is 23.2 Å². The average Bonchev–Trinajstić information content (AvgIpc) is 2.79. The van der Waals surface area contributed by atoms with Crippen molar-refractivity contribution in [2.45, 2.75) is 32.9 Å². The average molecular weight is 314 g/mol. The number of benzene rings is 1. The molecule has 1 aromatic heterocycles. The second-order valence-electron chi connectivity index (χ2n) is 5.12. The van der Waals surface area contributed by atoms with E-state index in [1.165, 1.54) is 6.33 Å². The first-order valence-electron chi connectivity index (χ1n) is 6.47. The molecule has 2 rings (SSSR count). The Bertz CT molecular complexity index is 584. The molecule has 108 valence electrons. The van der Waals surface area contributed by atoms with E-state index < -0.39 is 6.10 Å². The smallest absolute Gasteiger partial charge is 0.138 e. The summed E-state index contributed by atoms with van der Waals surface area (Å²) in [5.41, 5.74) is 0.610. The molecule has 0 amide bonds. The predicted molar refractivity (Wildman–Crippen MR) is 80.0 cm³/mol. The Morgan fingerprint density at radius 1 is 1.30 bits per heavy atom. The molecule has 2 aromatic rings. The number of aliphatic hydroxyl groups excluding tert-OH is 1. The monoisotopic (exact) mass is 313 g/mol. The standard InChI is InChI=1S/C14H17Cl2N3O/c1-9(2)7-19-13(17-8-18-19)6-12(20)10-4-3-5-11(15)14(10)16/h3-5,8-9,12,20H,6-7H2,1-2H3. The van der Waals surface area contributed by atoms with Gasteiger partial charge in [0.05, 0.1) is 16.1 Å². The molecule has 1 unspecified atom stereocenters. The van der Waals surface area contributed by atoms with Crippen LogP contribution in [0.5, 0.6) is 0 Å². The molecule has 1 aromatic carbocycles. The number of nitrogens with zero attached hydrogens (tertiary/aromatic N) is 3. The molecule has 0 aliphatic heterocycles. The van der Waals surface area contributed by atoms with Gasteiger partial charge in [0.25, 0.3) is 0 Å². The fourth-order valence-corrected chi connectivity index (χ4v) is 2.44. The van der Waals surface area contributed by atoms with Gasteiger partial charge in [-0.15, -0.1) is 0 Å². The van der Waals surface area contributed by atoms with Crippen LogP contribution in [0, 0.1) is 5.92 Å². The maximum Gasteiger partial charge on any atom is 0.138 e. The topological polar surface area (TPSA) is 50.9 Å². The van der Waals surface area contributed by atoms with Crippen LogP contribution in [0.25, 0.3) is 0 Å². The van der Waals surface area contributed by atoms with Gasteiger partial charge in [0.1, 0.15) is 12.2 Å². The highest BCUT2D eigenvalue weighted by Gasteiger charge is 2.17. The number of halogens is 2. The SMILES string of the molecule is CC(C)Cn1ncnc1CC(O)c1cccc(Cl)c1Cl. The molecule has 0 fully saturated rings. The zero-order valence-corrected chi connectivity index (χ0v) is 12.9. The van der Waals surface area contributed by atoms with Gasteiger partial charge >= 0.3 is 0 Å². The highest BCUT2D eigenvalue weighted by atomic mass is 35.5. The first-order valence-corrected chi connectivity index (χ1v) is 7.23. The number of aliphatic hydroxyl groups is 1. The summed E-state index contributed by atoms with van der Waals surface area (Å²) in [5, 5.41) is 15.3. The third kappa shape index (κ3) is 3.51. The molecule has 0 saturated carbocycles. The minimum Gasteiger partial charge on any atom is -0.388 e. The van der Waals surface area contributed by atoms with Crippen LogP contribution in [0.4, 0.5) is 0 Å². The number of hydrogen-bond acceptors (Lipinski definition) is 3. The van der Waals surface area contributed by atoms with Crippen LogP contribution in [-0.4, -0.2) is 19.9 Å². The Hall–Kier alpha value is -1.10.